The van der Waals surface area contributed by atoms with E-state index >= 15 is 0 Å². The van der Waals surface area contributed by atoms with Gasteiger partial charge in [0.2, 0.25) is 23.6 Å². The van der Waals surface area contributed by atoms with Gasteiger partial charge in [-0.2, -0.15) is 0 Å². The highest BCUT2D eigenvalue weighted by atomic mass is 32.2. The Bertz CT molecular complexity index is 1770. The fourth-order valence-electron chi connectivity index (χ4n) is 8.43. The van der Waals surface area contributed by atoms with Crippen LogP contribution in [0.25, 0.3) is 0 Å². The van der Waals surface area contributed by atoms with Crippen LogP contribution in [-0.4, -0.2) is 87.7 Å². The number of esters is 1. The quantitative estimate of drug-likeness (QED) is 0.0457. The molecule has 1 saturated carbocycles. The van der Waals surface area contributed by atoms with Crippen LogP contribution in [0.4, 0.5) is 0 Å². The average Bonchev–Trinajstić information content (AvgIpc) is 3.45. The predicted octanol–water partition coefficient (Wildman–Crippen LogP) is 7.62. The molecule has 0 radical (unpaired) electrons. The largest absolute Gasteiger partial charge is 0.454 e. The number of amides is 4. The molecule has 1 aliphatic carbocycles. The van der Waals surface area contributed by atoms with Gasteiger partial charge in [-0.1, -0.05) is 87.8 Å². The van der Waals surface area contributed by atoms with E-state index in [2.05, 4.69) is 29.7 Å². The maximum Gasteiger partial charge on any atom is 0.331 e. The zero-order valence-corrected chi connectivity index (χ0v) is 39.3. The number of ether oxygens (including phenoxy) is 1. The van der Waals surface area contributed by atoms with Crippen LogP contribution in [-0.2, 0) is 33.5 Å². The Hall–Kier alpha value is -4.03. The van der Waals surface area contributed by atoms with E-state index in [4.69, 9.17) is 4.74 Å². The second-order valence-corrected chi connectivity index (χ2v) is 20.4. The van der Waals surface area contributed by atoms with Crippen LogP contribution in [0.15, 0.2) is 71.4 Å². The van der Waals surface area contributed by atoms with Gasteiger partial charge in [0.25, 0.3) is 0 Å². The third kappa shape index (κ3) is 16.6. The van der Waals surface area contributed by atoms with Crippen LogP contribution in [0.3, 0.4) is 0 Å². The molecular weight excluding hydrogens is 791 g/mol. The molecule has 61 heavy (non-hydrogen) atoms. The maximum absolute atomic E-state index is 13.4. The first-order chi connectivity index (χ1) is 28.6. The van der Waals surface area contributed by atoms with Gasteiger partial charge < -0.3 is 20.5 Å². The first-order valence-electron chi connectivity index (χ1n) is 22.1. The monoisotopic (exact) mass is 864 g/mol. The number of Topliss-reactive ketones (excluding diaryl/α,β-unsaturated/α-hetero) is 1. The number of imide groups is 1. The second kappa shape index (κ2) is 24.0. The van der Waals surface area contributed by atoms with Crippen molar-refractivity contribution < 1.29 is 38.6 Å². The summed E-state index contributed by atoms with van der Waals surface area (Å²) < 4.78 is 4.87. The fourth-order valence-corrected chi connectivity index (χ4v) is 9.81. The molecule has 8 atom stereocenters. The lowest BCUT2D eigenvalue weighted by molar-refractivity contribution is -0.143. The SMILES string of the molecule is CNC(=O)C1CCC(CN2C(=O)CC(SC(C)(C)CNC(=O)/C=C(\C)C[C@H](C)C(O)C(C)C(=O)[C@H](C)/C=C(C)/C=C/CC(C)/C=C(C)\C=C\C3OC(=O)C=C[C@@H]3C)C2=O)CC1. The topological polar surface area (TPSA) is 159 Å². The van der Waals surface area contributed by atoms with E-state index in [0.717, 1.165) is 48.8 Å². The number of aliphatic hydroxyl groups excluding tert-OH is 1. The minimum Gasteiger partial charge on any atom is -0.454 e. The number of cyclic esters (lactones) is 1. The third-order valence-electron chi connectivity index (χ3n) is 12.1. The van der Waals surface area contributed by atoms with Crippen molar-refractivity contribution in [2.24, 2.45) is 41.4 Å². The van der Waals surface area contributed by atoms with Crippen molar-refractivity contribution in [3.63, 3.8) is 0 Å². The molecule has 0 aromatic heterocycles. The van der Waals surface area contributed by atoms with E-state index in [1.807, 2.05) is 85.8 Å². The number of ketones is 1. The summed E-state index contributed by atoms with van der Waals surface area (Å²) in [5, 5.41) is 16.3. The van der Waals surface area contributed by atoms with Crippen molar-refractivity contribution >= 4 is 47.1 Å². The zero-order chi connectivity index (χ0) is 45.6. The van der Waals surface area contributed by atoms with Gasteiger partial charge in [0, 0.05) is 67.1 Å². The number of nitrogens with one attached hydrogen (secondary N) is 2. The summed E-state index contributed by atoms with van der Waals surface area (Å²) in [6.45, 7) is 20.0. The molecular formula is C49H73N3O8S. The Morgan fingerprint density at radius 1 is 1.00 bits per heavy atom. The smallest absolute Gasteiger partial charge is 0.331 e. The summed E-state index contributed by atoms with van der Waals surface area (Å²) in [5.74, 6) is -1.58. The van der Waals surface area contributed by atoms with Gasteiger partial charge >= 0.3 is 5.97 Å². The molecule has 338 valence electrons. The summed E-state index contributed by atoms with van der Waals surface area (Å²) in [4.78, 5) is 77.5. The lowest BCUT2D eigenvalue weighted by Gasteiger charge is -2.30. The molecule has 0 aromatic rings. The number of rotatable bonds is 21. The molecule has 2 heterocycles. The van der Waals surface area contributed by atoms with E-state index in [1.54, 1.807) is 14.0 Å². The summed E-state index contributed by atoms with van der Waals surface area (Å²) in [7, 11) is 1.64. The Morgan fingerprint density at radius 3 is 2.31 bits per heavy atom. The summed E-state index contributed by atoms with van der Waals surface area (Å²) in [6, 6.07) is 0. The number of carbonyl (C=O) groups excluding carboxylic acids is 6. The van der Waals surface area contributed by atoms with E-state index in [1.165, 1.54) is 28.8 Å². The van der Waals surface area contributed by atoms with Crippen LogP contribution < -0.4 is 10.6 Å². The van der Waals surface area contributed by atoms with Crippen LogP contribution in [0, 0.1) is 41.4 Å². The van der Waals surface area contributed by atoms with E-state index in [9.17, 15) is 33.9 Å². The Labute approximate surface area is 369 Å². The van der Waals surface area contributed by atoms with Crippen molar-refractivity contribution in [1.29, 1.82) is 0 Å². The Balaban J connectivity index is 1.42. The molecule has 5 unspecified atom stereocenters. The lowest BCUT2D eigenvalue weighted by Crippen LogP contribution is -2.40. The standard InChI is InChI=1S/C49H73N3O8S/c1-30(23-32(3)15-21-40-34(5)16-22-44(55)60-40)13-12-14-31(2)24-35(6)45(56)37(8)46(57)36(7)25-33(4)26-42(53)51-29-49(9,10)61-41-27-43(54)52(48(41)59)28-38-17-19-39(20-18-38)47(58)50-11/h12,14-16,21-24,26,30,34-41,46,57H,13,17-20,25,27-29H2,1-11H3,(H,50,58)(H,51,53)/b14-12+,21-15+,31-24+,32-23-,33-26+/t30?,34-,35+,36-,37?,38?,39?,40?,41?,46?/m0/s1. The van der Waals surface area contributed by atoms with Crippen LogP contribution in [0.1, 0.15) is 114 Å². The van der Waals surface area contributed by atoms with Crippen molar-refractivity contribution in [2.75, 3.05) is 20.1 Å². The van der Waals surface area contributed by atoms with Crippen molar-refractivity contribution in [3.05, 3.63) is 71.4 Å². The highest BCUT2D eigenvalue weighted by Crippen LogP contribution is 2.37. The Morgan fingerprint density at radius 2 is 1.66 bits per heavy atom. The molecule has 0 spiro atoms. The highest BCUT2D eigenvalue weighted by molar-refractivity contribution is 8.02. The molecule has 3 aliphatic rings. The molecule has 2 fully saturated rings. The van der Waals surface area contributed by atoms with Crippen LogP contribution in [0.5, 0.6) is 0 Å². The number of carbonyl (C=O) groups is 6. The molecule has 3 rings (SSSR count). The molecule has 0 aromatic carbocycles. The van der Waals surface area contributed by atoms with E-state index in [0.29, 0.717) is 13.0 Å². The Kier molecular flexibility index (Phi) is 20.2. The summed E-state index contributed by atoms with van der Waals surface area (Å²) in [6.07, 6.45) is 20.4. The molecule has 0 bridgehead atoms. The fraction of sp³-hybridized carbons (Fsp3) is 0.633. The summed E-state index contributed by atoms with van der Waals surface area (Å²) >= 11 is 1.40. The van der Waals surface area contributed by atoms with E-state index in [-0.39, 0.29) is 90.0 Å². The number of hydrogen-bond donors (Lipinski definition) is 3. The van der Waals surface area contributed by atoms with Crippen LogP contribution in [0.2, 0.25) is 0 Å². The number of aliphatic hydroxyl groups is 1. The zero-order valence-electron chi connectivity index (χ0n) is 38.5. The molecule has 2 aliphatic heterocycles. The number of hydrogen-bond acceptors (Lipinski definition) is 9. The number of likely N-dealkylation sites (tertiary alicyclic amines) is 1. The number of thioether (sulfide) groups is 1. The second-order valence-electron chi connectivity index (χ2n) is 18.5. The predicted molar refractivity (Wildman–Crippen MR) is 244 cm³/mol. The van der Waals surface area contributed by atoms with Gasteiger partial charge in [-0.25, -0.2) is 4.79 Å². The first-order valence-corrected chi connectivity index (χ1v) is 23.0. The molecule has 3 N–H and O–H groups in total. The van der Waals surface area contributed by atoms with Gasteiger partial charge in [-0.05, 0) is 97.0 Å². The minimum absolute atomic E-state index is 0.00486. The van der Waals surface area contributed by atoms with Gasteiger partial charge in [-0.15, -0.1) is 11.8 Å². The molecule has 4 amide bonds. The van der Waals surface area contributed by atoms with E-state index < -0.39 is 22.0 Å². The molecule has 11 nitrogen and oxygen atoms in total. The van der Waals surface area contributed by atoms with Crippen molar-refractivity contribution in [2.45, 2.75) is 136 Å². The minimum atomic E-state index is -0.889. The van der Waals surface area contributed by atoms with Gasteiger partial charge in [0.05, 0.1) is 11.4 Å². The molecule has 12 heteroatoms. The van der Waals surface area contributed by atoms with Gasteiger partial charge in [-0.3, -0.25) is 28.9 Å². The first kappa shape index (κ1) is 51.3. The molecule has 1 saturated heterocycles. The number of allylic oxidation sites excluding steroid dienone is 8. The average molecular weight is 864 g/mol. The summed E-state index contributed by atoms with van der Waals surface area (Å²) in [5.41, 5.74) is 2.83. The normalized spacial score (nSPS) is 25.7. The van der Waals surface area contributed by atoms with Gasteiger partial charge in [0.15, 0.2) is 0 Å². The lowest BCUT2D eigenvalue weighted by atomic mass is 9.81. The van der Waals surface area contributed by atoms with Crippen LogP contribution >= 0.6 is 11.8 Å². The third-order valence-corrected chi connectivity index (χ3v) is 13.5. The van der Waals surface area contributed by atoms with Crippen molar-refractivity contribution in [3.8, 4) is 0 Å². The maximum atomic E-state index is 13.4. The number of nitrogens with zero attached hydrogens (tertiary/aromatic N) is 1. The van der Waals surface area contributed by atoms with Crippen molar-refractivity contribution in [1.82, 2.24) is 15.5 Å². The van der Waals surface area contributed by atoms with Gasteiger partial charge in [0.1, 0.15) is 11.9 Å². The highest BCUT2D eigenvalue weighted by Gasteiger charge is 2.43.